The van der Waals surface area contributed by atoms with Crippen LogP contribution in [0.25, 0.3) is 5.69 Å². The van der Waals surface area contributed by atoms with E-state index in [-0.39, 0.29) is 10.6 Å². The molecule has 1 N–H and O–H groups in total. The number of benzene rings is 2. The topological polar surface area (TPSA) is 46.9 Å². The Hall–Kier alpha value is -2.66. The minimum atomic E-state index is -0.700. The molecule has 1 amide bonds. The SMILES string of the molecule is O=C(NCCc1cnn(-c2ccccc2)c1)c1cccc(Cl)c1F. The molecule has 122 valence electrons. The number of aromatic nitrogens is 2. The van der Waals surface area contributed by atoms with Gasteiger partial charge in [0.15, 0.2) is 5.82 Å². The van der Waals surface area contributed by atoms with Crippen LogP contribution in [0.2, 0.25) is 5.02 Å². The Labute approximate surface area is 143 Å². The molecule has 0 saturated heterocycles. The van der Waals surface area contributed by atoms with Crippen molar-refractivity contribution in [1.82, 2.24) is 15.1 Å². The summed E-state index contributed by atoms with van der Waals surface area (Å²) in [7, 11) is 0. The van der Waals surface area contributed by atoms with Crippen LogP contribution in [0.4, 0.5) is 4.39 Å². The van der Waals surface area contributed by atoms with Gasteiger partial charge < -0.3 is 5.32 Å². The van der Waals surface area contributed by atoms with Crippen LogP contribution in [0.1, 0.15) is 15.9 Å². The molecule has 0 aliphatic heterocycles. The first-order chi connectivity index (χ1) is 11.6. The van der Waals surface area contributed by atoms with Crippen molar-refractivity contribution in [1.29, 1.82) is 0 Å². The molecule has 0 saturated carbocycles. The van der Waals surface area contributed by atoms with Crippen molar-refractivity contribution in [2.24, 2.45) is 0 Å². The average molecular weight is 344 g/mol. The number of hydrogen-bond acceptors (Lipinski definition) is 2. The van der Waals surface area contributed by atoms with Crippen LogP contribution in [-0.2, 0) is 6.42 Å². The lowest BCUT2D eigenvalue weighted by atomic mass is 10.2. The van der Waals surface area contributed by atoms with Crippen molar-refractivity contribution in [3.63, 3.8) is 0 Å². The maximum absolute atomic E-state index is 13.8. The Bertz CT molecular complexity index is 848. The lowest BCUT2D eigenvalue weighted by Gasteiger charge is -2.06. The zero-order chi connectivity index (χ0) is 16.9. The van der Waals surface area contributed by atoms with Gasteiger partial charge in [-0.1, -0.05) is 35.9 Å². The molecule has 0 spiro atoms. The molecule has 24 heavy (non-hydrogen) atoms. The minimum absolute atomic E-state index is 0.0533. The van der Waals surface area contributed by atoms with E-state index in [4.69, 9.17) is 11.6 Å². The molecule has 2 aromatic carbocycles. The quantitative estimate of drug-likeness (QED) is 0.769. The van der Waals surface area contributed by atoms with Gasteiger partial charge in [-0.15, -0.1) is 0 Å². The number of rotatable bonds is 5. The Morgan fingerprint density at radius 3 is 2.75 bits per heavy atom. The lowest BCUT2D eigenvalue weighted by molar-refractivity contribution is 0.0950. The van der Waals surface area contributed by atoms with E-state index in [1.807, 2.05) is 36.5 Å². The molecule has 0 aliphatic rings. The molecular weight excluding hydrogens is 329 g/mol. The van der Waals surface area contributed by atoms with Gasteiger partial charge >= 0.3 is 0 Å². The summed E-state index contributed by atoms with van der Waals surface area (Å²) < 4.78 is 15.6. The molecule has 0 fully saturated rings. The largest absolute Gasteiger partial charge is 0.352 e. The number of carbonyl (C=O) groups is 1. The van der Waals surface area contributed by atoms with Gasteiger partial charge in [-0.05, 0) is 36.2 Å². The van der Waals surface area contributed by atoms with Crippen molar-refractivity contribution in [2.75, 3.05) is 6.54 Å². The summed E-state index contributed by atoms with van der Waals surface area (Å²) in [6, 6.07) is 14.1. The molecule has 3 rings (SSSR count). The first kappa shape index (κ1) is 16.2. The van der Waals surface area contributed by atoms with Crippen molar-refractivity contribution >= 4 is 17.5 Å². The molecule has 0 unspecified atom stereocenters. The van der Waals surface area contributed by atoms with E-state index >= 15 is 0 Å². The number of para-hydroxylation sites is 1. The minimum Gasteiger partial charge on any atom is -0.352 e. The Balaban J connectivity index is 1.58. The Kier molecular flexibility index (Phi) is 4.91. The second kappa shape index (κ2) is 7.27. The van der Waals surface area contributed by atoms with Gasteiger partial charge in [0.2, 0.25) is 0 Å². The first-order valence-electron chi connectivity index (χ1n) is 7.46. The average Bonchev–Trinajstić information content (AvgIpc) is 3.07. The summed E-state index contributed by atoms with van der Waals surface area (Å²) in [4.78, 5) is 12.0. The van der Waals surface area contributed by atoms with E-state index in [2.05, 4.69) is 10.4 Å². The zero-order valence-electron chi connectivity index (χ0n) is 12.7. The van der Waals surface area contributed by atoms with Gasteiger partial charge in [0, 0.05) is 12.7 Å². The summed E-state index contributed by atoms with van der Waals surface area (Å²) in [6.07, 6.45) is 4.25. The summed E-state index contributed by atoms with van der Waals surface area (Å²) >= 11 is 5.68. The van der Waals surface area contributed by atoms with Gasteiger partial charge in [-0.2, -0.15) is 5.10 Å². The Morgan fingerprint density at radius 2 is 1.96 bits per heavy atom. The smallest absolute Gasteiger partial charge is 0.254 e. The highest BCUT2D eigenvalue weighted by atomic mass is 35.5. The highest BCUT2D eigenvalue weighted by molar-refractivity contribution is 6.31. The van der Waals surface area contributed by atoms with E-state index in [1.165, 1.54) is 12.1 Å². The molecule has 0 bridgehead atoms. The van der Waals surface area contributed by atoms with Crippen LogP contribution in [-0.4, -0.2) is 22.2 Å². The maximum Gasteiger partial charge on any atom is 0.254 e. The molecule has 4 nitrogen and oxygen atoms in total. The molecule has 3 aromatic rings. The van der Waals surface area contributed by atoms with Crippen LogP contribution in [0.3, 0.4) is 0 Å². The van der Waals surface area contributed by atoms with E-state index < -0.39 is 11.7 Å². The van der Waals surface area contributed by atoms with Crippen LogP contribution in [0.15, 0.2) is 60.9 Å². The molecule has 0 atom stereocenters. The number of carbonyl (C=O) groups excluding carboxylic acids is 1. The fourth-order valence-electron chi connectivity index (χ4n) is 2.31. The fraction of sp³-hybridized carbons (Fsp3) is 0.111. The zero-order valence-corrected chi connectivity index (χ0v) is 13.5. The standard InChI is InChI=1S/C18H15ClFN3O/c19-16-8-4-7-15(17(16)20)18(24)21-10-9-13-11-22-23(12-13)14-5-2-1-3-6-14/h1-8,11-12H,9-10H2,(H,21,24). The second-order valence-corrected chi connectivity index (χ2v) is 5.64. The van der Waals surface area contributed by atoms with Crippen molar-refractivity contribution in [3.8, 4) is 5.69 Å². The maximum atomic E-state index is 13.8. The van der Waals surface area contributed by atoms with Crippen LogP contribution < -0.4 is 5.32 Å². The molecule has 0 aliphatic carbocycles. The van der Waals surface area contributed by atoms with Gasteiger partial charge in [0.05, 0.1) is 22.5 Å². The van der Waals surface area contributed by atoms with E-state index in [0.29, 0.717) is 13.0 Å². The fourth-order valence-corrected chi connectivity index (χ4v) is 2.48. The summed E-state index contributed by atoms with van der Waals surface area (Å²) in [5, 5.41) is 6.92. The highest BCUT2D eigenvalue weighted by Crippen LogP contribution is 2.17. The van der Waals surface area contributed by atoms with Crippen LogP contribution in [0, 0.1) is 5.82 Å². The monoisotopic (exact) mass is 343 g/mol. The number of amides is 1. The summed E-state index contributed by atoms with van der Waals surface area (Å²) in [6.45, 7) is 0.380. The van der Waals surface area contributed by atoms with E-state index in [9.17, 15) is 9.18 Å². The summed E-state index contributed by atoms with van der Waals surface area (Å²) in [5.41, 5.74) is 1.89. The molecule has 1 aromatic heterocycles. The third-order valence-corrected chi connectivity index (χ3v) is 3.84. The van der Waals surface area contributed by atoms with Crippen LogP contribution >= 0.6 is 11.6 Å². The molecular formula is C18H15ClFN3O. The van der Waals surface area contributed by atoms with Crippen molar-refractivity contribution in [3.05, 3.63) is 82.9 Å². The number of nitrogens with zero attached hydrogens (tertiary/aromatic N) is 2. The van der Waals surface area contributed by atoms with E-state index in [1.54, 1.807) is 16.9 Å². The van der Waals surface area contributed by atoms with Gasteiger partial charge in [0.25, 0.3) is 5.91 Å². The highest BCUT2D eigenvalue weighted by Gasteiger charge is 2.13. The normalized spacial score (nSPS) is 10.6. The molecule has 6 heteroatoms. The molecule has 1 heterocycles. The van der Waals surface area contributed by atoms with Gasteiger partial charge in [-0.25, -0.2) is 9.07 Å². The third kappa shape index (κ3) is 3.63. The third-order valence-electron chi connectivity index (χ3n) is 3.55. The first-order valence-corrected chi connectivity index (χ1v) is 7.84. The predicted octanol–water partition coefficient (Wildman–Crippen LogP) is 3.64. The number of halogens is 2. The van der Waals surface area contributed by atoms with Crippen molar-refractivity contribution < 1.29 is 9.18 Å². The summed E-state index contributed by atoms with van der Waals surface area (Å²) in [5.74, 6) is -1.18. The predicted molar refractivity (Wildman–Crippen MR) is 91.0 cm³/mol. The van der Waals surface area contributed by atoms with E-state index in [0.717, 1.165) is 11.3 Å². The van der Waals surface area contributed by atoms with Gasteiger partial charge in [0.1, 0.15) is 0 Å². The Morgan fingerprint density at radius 1 is 1.17 bits per heavy atom. The van der Waals surface area contributed by atoms with Crippen molar-refractivity contribution in [2.45, 2.75) is 6.42 Å². The number of hydrogen-bond donors (Lipinski definition) is 1. The van der Waals surface area contributed by atoms with Crippen LogP contribution in [0.5, 0.6) is 0 Å². The lowest BCUT2D eigenvalue weighted by Crippen LogP contribution is -2.26. The number of nitrogens with one attached hydrogen (secondary N) is 1. The second-order valence-electron chi connectivity index (χ2n) is 5.24. The molecule has 0 radical (unpaired) electrons. The van der Waals surface area contributed by atoms with Gasteiger partial charge in [-0.3, -0.25) is 4.79 Å².